The molecule has 2 aromatic rings. The lowest BCUT2D eigenvalue weighted by Crippen LogP contribution is -1.89. The first kappa shape index (κ1) is 10.4. The minimum atomic E-state index is -0.947. The molecule has 0 bridgehead atoms. The molecule has 4 nitrogen and oxygen atoms in total. The molecule has 0 atom stereocenters. The van der Waals surface area contributed by atoms with E-state index in [1.807, 2.05) is 36.7 Å². The Balaban J connectivity index is 2.48. The fraction of sp³-hybridized carbons (Fsp3) is 0.167. The van der Waals surface area contributed by atoms with Crippen LogP contribution in [0.2, 0.25) is 0 Å². The molecule has 0 aliphatic rings. The van der Waals surface area contributed by atoms with Gasteiger partial charge in [-0.2, -0.15) is 0 Å². The summed E-state index contributed by atoms with van der Waals surface area (Å²) in [7, 11) is 1.96. The molecule has 0 aliphatic carbocycles. The highest BCUT2D eigenvalue weighted by atomic mass is 16.4. The number of benzene rings is 1. The fourth-order valence-electron chi connectivity index (χ4n) is 1.61. The van der Waals surface area contributed by atoms with Gasteiger partial charge >= 0.3 is 5.97 Å². The van der Waals surface area contributed by atoms with Gasteiger partial charge in [0.1, 0.15) is 5.82 Å². The zero-order valence-corrected chi connectivity index (χ0v) is 9.14. The molecule has 1 aromatic carbocycles. The van der Waals surface area contributed by atoms with Crippen molar-refractivity contribution in [2.75, 3.05) is 0 Å². The van der Waals surface area contributed by atoms with Crippen molar-refractivity contribution in [3.05, 3.63) is 35.7 Å². The van der Waals surface area contributed by atoms with Gasteiger partial charge in [-0.1, -0.05) is 6.07 Å². The monoisotopic (exact) mass is 216 g/mol. The SMILES string of the molecule is Cc1nc2cc(/C=C/C(=O)O)ccc2n1C. The van der Waals surface area contributed by atoms with Crippen LogP contribution in [0.3, 0.4) is 0 Å². The van der Waals surface area contributed by atoms with E-state index < -0.39 is 5.97 Å². The fourth-order valence-corrected chi connectivity index (χ4v) is 1.61. The molecule has 16 heavy (non-hydrogen) atoms. The van der Waals surface area contributed by atoms with E-state index in [-0.39, 0.29) is 0 Å². The number of aromatic nitrogens is 2. The molecule has 0 saturated carbocycles. The van der Waals surface area contributed by atoms with E-state index in [0.29, 0.717) is 0 Å². The highest BCUT2D eigenvalue weighted by Crippen LogP contribution is 2.17. The smallest absolute Gasteiger partial charge is 0.328 e. The van der Waals surface area contributed by atoms with Crippen molar-refractivity contribution in [3.63, 3.8) is 0 Å². The van der Waals surface area contributed by atoms with Crippen molar-refractivity contribution < 1.29 is 9.90 Å². The summed E-state index contributed by atoms with van der Waals surface area (Å²) in [5, 5.41) is 8.53. The standard InChI is InChI=1S/C12H12N2O2/c1-8-13-10-7-9(4-6-12(15)16)3-5-11(10)14(8)2/h3-7H,1-2H3,(H,15,16)/b6-4+. The molecular weight excluding hydrogens is 204 g/mol. The van der Waals surface area contributed by atoms with Gasteiger partial charge in [0.05, 0.1) is 11.0 Å². The third kappa shape index (κ3) is 1.82. The molecule has 1 aromatic heterocycles. The van der Waals surface area contributed by atoms with Gasteiger partial charge in [-0.15, -0.1) is 0 Å². The topological polar surface area (TPSA) is 55.1 Å². The highest BCUT2D eigenvalue weighted by Gasteiger charge is 2.03. The van der Waals surface area contributed by atoms with E-state index in [4.69, 9.17) is 5.11 Å². The molecule has 1 heterocycles. The van der Waals surface area contributed by atoms with Crippen molar-refractivity contribution >= 4 is 23.1 Å². The summed E-state index contributed by atoms with van der Waals surface area (Å²) in [6, 6.07) is 5.70. The Kier molecular flexibility index (Phi) is 2.48. The van der Waals surface area contributed by atoms with Crippen molar-refractivity contribution in [1.82, 2.24) is 9.55 Å². The third-order valence-electron chi connectivity index (χ3n) is 2.55. The molecule has 0 radical (unpaired) electrons. The minimum absolute atomic E-state index is 0.841. The van der Waals surface area contributed by atoms with Crippen LogP contribution in [0.25, 0.3) is 17.1 Å². The van der Waals surface area contributed by atoms with E-state index in [2.05, 4.69) is 4.98 Å². The maximum atomic E-state index is 10.4. The quantitative estimate of drug-likeness (QED) is 0.781. The van der Waals surface area contributed by atoms with Crippen LogP contribution in [-0.2, 0) is 11.8 Å². The van der Waals surface area contributed by atoms with Crippen molar-refractivity contribution in [2.45, 2.75) is 6.92 Å². The van der Waals surface area contributed by atoms with Crippen molar-refractivity contribution in [2.24, 2.45) is 7.05 Å². The van der Waals surface area contributed by atoms with Gasteiger partial charge in [-0.3, -0.25) is 0 Å². The first-order valence-electron chi connectivity index (χ1n) is 4.92. The molecule has 0 spiro atoms. The molecular formula is C12H12N2O2. The highest BCUT2D eigenvalue weighted by molar-refractivity contribution is 5.87. The average molecular weight is 216 g/mol. The predicted molar refractivity (Wildman–Crippen MR) is 62.1 cm³/mol. The summed E-state index contributed by atoms with van der Waals surface area (Å²) in [6.07, 6.45) is 2.68. The summed E-state index contributed by atoms with van der Waals surface area (Å²) < 4.78 is 2.00. The van der Waals surface area contributed by atoms with Crippen molar-refractivity contribution in [3.8, 4) is 0 Å². The predicted octanol–water partition coefficient (Wildman–Crippen LogP) is 1.98. The number of aliphatic carboxylic acids is 1. The maximum Gasteiger partial charge on any atom is 0.328 e. The van der Waals surface area contributed by atoms with E-state index in [0.717, 1.165) is 28.5 Å². The number of fused-ring (bicyclic) bond motifs is 1. The van der Waals surface area contributed by atoms with Gasteiger partial charge in [-0.05, 0) is 30.7 Å². The van der Waals surface area contributed by atoms with Gasteiger partial charge in [-0.25, -0.2) is 9.78 Å². The number of carbonyl (C=O) groups is 1. The number of imidazole rings is 1. The van der Waals surface area contributed by atoms with Crippen LogP contribution < -0.4 is 0 Å². The lowest BCUT2D eigenvalue weighted by atomic mass is 10.2. The first-order chi connectivity index (χ1) is 7.58. The van der Waals surface area contributed by atoms with E-state index in [1.165, 1.54) is 0 Å². The number of nitrogens with zero attached hydrogens (tertiary/aromatic N) is 2. The van der Waals surface area contributed by atoms with E-state index in [1.54, 1.807) is 6.08 Å². The maximum absolute atomic E-state index is 10.4. The van der Waals surface area contributed by atoms with Crippen LogP contribution in [0, 0.1) is 6.92 Å². The first-order valence-corrected chi connectivity index (χ1v) is 4.92. The van der Waals surface area contributed by atoms with Crippen LogP contribution in [0.1, 0.15) is 11.4 Å². The molecule has 0 amide bonds. The van der Waals surface area contributed by atoms with Crippen LogP contribution in [-0.4, -0.2) is 20.6 Å². The number of aryl methyl sites for hydroxylation is 2. The Bertz CT molecular complexity index is 582. The number of hydrogen-bond acceptors (Lipinski definition) is 2. The number of hydrogen-bond donors (Lipinski definition) is 1. The summed E-state index contributed by atoms with van der Waals surface area (Å²) in [4.78, 5) is 14.8. The number of carboxylic acids is 1. The largest absolute Gasteiger partial charge is 0.478 e. The lowest BCUT2D eigenvalue weighted by Gasteiger charge is -1.96. The molecule has 82 valence electrons. The molecule has 1 N–H and O–H groups in total. The van der Waals surface area contributed by atoms with E-state index >= 15 is 0 Å². The second-order valence-corrected chi connectivity index (χ2v) is 3.64. The summed E-state index contributed by atoms with van der Waals surface area (Å²) in [6.45, 7) is 1.94. The van der Waals surface area contributed by atoms with E-state index in [9.17, 15) is 4.79 Å². The van der Waals surface area contributed by atoms with Gasteiger partial charge in [0.15, 0.2) is 0 Å². The minimum Gasteiger partial charge on any atom is -0.478 e. The van der Waals surface area contributed by atoms with Crippen LogP contribution in [0.15, 0.2) is 24.3 Å². The normalized spacial score (nSPS) is 11.4. The zero-order chi connectivity index (χ0) is 11.7. The van der Waals surface area contributed by atoms with Crippen LogP contribution >= 0.6 is 0 Å². The molecule has 0 unspecified atom stereocenters. The van der Waals surface area contributed by atoms with Crippen LogP contribution in [0.4, 0.5) is 0 Å². The van der Waals surface area contributed by atoms with Gasteiger partial charge in [0, 0.05) is 13.1 Å². The van der Waals surface area contributed by atoms with Crippen molar-refractivity contribution in [1.29, 1.82) is 0 Å². The van der Waals surface area contributed by atoms with Gasteiger partial charge in [0.25, 0.3) is 0 Å². The third-order valence-corrected chi connectivity index (χ3v) is 2.55. The van der Waals surface area contributed by atoms with Crippen LogP contribution in [0.5, 0.6) is 0 Å². The molecule has 4 heteroatoms. The second kappa shape index (κ2) is 3.81. The summed E-state index contributed by atoms with van der Waals surface area (Å²) in [5.74, 6) is -0.00772. The Hall–Kier alpha value is -2.10. The Labute approximate surface area is 92.8 Å². The Morgan fingerprint density at radius 2 is 2.25 bits per heavy atom. The molecule has 0 saturated heterocycles. The Morgan fingerprint density at radius 3 is 2.94 bits per heavy atom. The number of rotatable bonds is 2. The lowest BCUT2D eigenvalue weighted by molar-refractivity contribution is -0.131. The average Bonchev–Trinajstić information content (AvgIpc) is 2.52. The summed E-state index contributed by atoms with van der Waals surface area (Å²) >= 11 is 0. The van der Waals surface area contributed by atoms with Gasteiger partial charge in [0.2, 0.25) is 0 Å². The zero-order valence-electron chi connectivity index (χ0n) is 9.14. The molecule has 0 aliphatic heterocycles. The number of carboxylic acid groups (broad SMARTS) is 1. The molecule has 0 fully saturated rings. The van der Waals surface area contributed by atoms with Gasteiger partial charge < -0.3 is 9.67 Å². The molecule has 2 rings (SSSR count). The Morgan fingerprint density at radius 1 is 1.50 bits per heavy atom. The summed E-state index contributed by atoms with van der Waals surface area (Å²) in [5.41, 5.74) is 2.77. The second-order valence-electron chi connectivity index (χ2n) is 3.64.